The lowest BCUT2D eigenvalue weighted by atomic mass is 9.87. The minimum atomic E-state index is -0.681. The van der Waals surface area contributed by atoms with Crippen LogP contribution in [0.4, 0.5) is 4.79 Å². The molecule has 0 aromatic carbocycles. The van der Waals surface area contributed by atoms with E-state index in [-0.39, 0.29) is 18.0 Å². The van der Waals surface area contributed by atoms with Gasteiger partial charge in [-0.05, 0) is 32.7 Å². The van der Waals surface area contributed by atoms with E-state index in [1.807, 2.05) is 6.92 Å². The first-order chi connectivity index (χ1) is 11.0. The van der Waals surface area contributed by atoms with Gasteiger partial charge < -0.3 is 16.0 Å². The van der Waals surface area contributed by atoms with Gasteiger partial charge in [-0.3, -0.25) is 9.69 Å². The average molecular weight is 324 g/mol. The van der Waals surface area contributed by atoms with E-state index in [2.05, 4.69) is 17.1 Å². The lowest BCUT2D eigenvalue weighted by molar-refractivity contribution is -0.134. The number of carbonyl (C=O) groups is 2. The van der Waals surface area contributed by atoms with Crippen molar-refractivity contribution < 1.29 is 9.59 Å². The zero-order chi connectivity index (χ0) is 16.9. The van der Waals surface area contributed by atoms with Crippen molar-refractivity contribution in [1.82, 2.24) is 15.1 Å². The van der Waals surface area contributed by atoms with Crippen molar-refractivity contribution in [3.8, 4) is 0 Å². The SMILES string of the molecule is CCCCCCCN1CCC2(CC1)NC(=O)N(C(C)CN)C2=O. The second-order valence-corrected chi connectivity index (χ2v) is 7.03. The van der Waals surface area contributed by atoms with Gasteiger partial charge in [0.15, 0.2) is 0 Å². The third kappa shape index (κ3) is 4.04. The highest BCUT2D eigenvalue weighted by atomic mass is 16.2. The number of rotatable bonds is 8. The number of unbranched alkanes of at least 4 members (excludes halogenated alkanes) is 4. The number of imide groups is 1. The van der Waals surface area contributed by atoms with Crippen LogP contribution in [0.2, 0.25) is 0 Å². The summed E-state index contributed by atoms with van der Waals surface area (Å²) in [7, 11) is 0. The molecule has 1 atom stereocenters. The molecule has 1 unspecified atom stereocenters. The summed E-state index contributed by atoms with van der Waals surface area (Å²) in [5, 5.41) is 2.94. The van der Waals surface area contributed by atoms with Gasteiger partial charge in [0.25, 0.3) is 5.91 Å². The first-order valence-corrected chi connectivity index (χ1v) is 9.12. The zero-order valence-electron chi connectivity index (χ0n) is 14.6. The van der Waals surface area contributed by atoms with Crippen molar-refractivity contribution in [2.75, 3.05) is 26.2 Å². The molecule has 6 nitrogen and oxygen atoms in total. The number of hydrogen-bond acceptors (Lipinski definition) is 4. The van der Waals surface area contributed by atoms with Crippen molar-refractivity contribution in [3.05, 3.63) is 0 Å². The number of urea groups is 1. The highest BCUT2D eigenvalue weighted by Gasteiger charge is 2.53. The van der Waals surface area contributed by atoms with Crippen LogP contribution in [0.3, 0.4) is 0 Å². The highest BCUT2D eigenvalue weighted by molar-refractivity contribution is 6.07. The van der Waals surface area contributed by atoms with Gasteiger partial charge in [-0.15, -0.1) is 0 Å². The first kappa shape index (κ1) is 18.2. The summed E-state index contributed by atoms with van der Waals surface area (Å²) in [4.78, 5) is 28.6. The Morgan fingerprint density at radius 2 is 1.83 bits per heavy atom. The fourth-order valence-electron chi connectivity index (χ4n) is 3.58. The Hall–Kier alpha value is -1.14. The molecule has 2 aliphatic heterocycles. The molecule has 0 aromatic heterocycles. The molecule has 3 amide bonds. The van der Waals surface area contributed by atoms with Gasteiger partial charge in [-0.2, -0.15) is 0 Å². The molecule has 2 rings (SSSR count). The molecule has 2 aliphatic rings. The predicted molar refractivity (Wildman–Crippen MR) is 91.1 cm³/mol. The number of amides is 3. The van der Waals surface area contributed by atoms with Gasteiger partial charge in [0.1, 0.15) is 5.54 Å². The normalized spacial score (nSPS) is 22.7. The lowest BCUT2D eigenvalue weighted by Crippen LogP contribution is -2.55. The Kier molecular flexibility index (Phi) is 6.41. The maximum atomic E-state index is 12.7. The molecule has 0 radical (unpaired) electrons. The van der Waals surface area contributed by atoms with Crippen LogP contribution in [0.5, 0.6) is 0 Å². The van der Waals surface area contributed by atoms with E-state index >= 15 is 0 Å². The molecular weight excluding hydrogens is 292 g/mol. The third-order valence-corrected chi connectivity index (χ3v) is 5.26. The summed E-state index contributed by atoms with van der Waals surface area (Å²) >= 11 is 0. The van der Waals surface area contributed by atoms with Crippen LogP contribution in [0, 0.1) is 0 Å². The maximum Gasteiger partial charge on any atom is 0.325 e. The van der Waals surface area contributed by atoms with Crippen LogP contribution in [0.1, 0.15) is 58.8 Å². The number of carbonyl (C=O) groups excluding carboxylic acids is 2. The summed E-state index contributed by atoms with van der Waals surface area (Å²) in [5.41, 5.74) is 4.94. The summed E-state index contributed by atoms with van der Waals surface area (Å²) in [6, 6.07) is -0.514. The fraction of sp³-hybridized carbons (Fsp3) is 0.882. The third-order valence-electron chi connectivity index (χ3n) is 5.26. The predicted octanol–water partition coefficient (Wildman–Crippen LogP) is 1.69. The van der Waals surface area contributed by atoms with Gasteiger partial charge in [0, 0.05) is 19.6 Å². The van der Waals surface area contributed by atoms with Gasteiger partial charge in [0.05, 0.1) is 6.04 Å². The number of nitrogens with zero attached hydrogens (tertiary/aromatic N) is 2. The van der Waals surface area contributed by atoms with Crippen molar-refractivity contribution in [3.63, 3.8) is 0 Å². The Morgan fingerprint density at radius 1 is 1.17 bits per heavy atom. The van der Waals surface area contributed by atoms with Gasteiger partial charge in [0.2, 0.25) is 0 Å². The molecule has 0 aromatic rings. The summed E-state index contributed by atoms with van der Waals surface area (Å²) < 4.78 is 0. The number of likely N-dealkylation sites (tertiary alicyclic amines) is 1. The molecule has 2 heterocycles. The lowest BCUT2D eigenvalue weighted by Gasteiger charge is -2.37. The molecule has 2 fully saturated rings. The summed E-state index contributed by atoms with van der Waals surface area (Å²) in [5.74, 6) is -0.0805. The summed E-state index contributed by atoms with van der Waals surface area (Å²) in [6.45, 7) is 7.22. The monoisotopic (exact) mass is 324 g/mol. The van der Waals surface area contributed by atoms with Crippen molar-refractivity contribution in [1.29, 1.82) is 0 Å². The fourth-order valence-corrected chi connectivity index (χ4v) is 3.58. The molecule has 23 heavy (non-hydrogen) atoms. The standard InChI is InChI=1S/C17H32N4O2/c1-3-4-5-6-7-10-20-11-8-17(9-12-20)15(22)21(14(2)13-18)16(23)19-17/h14H,3-13,18H2,1-2H3,(H,19,23). The van der Waals surface area contributed by atoms with E-state index in [0.29, 0.717) is 19.4 Å². The average Bonchev–Trinajstić information content (AvgIpc) is 2.79. The molecule has 0 aliphatic carbocycles. The molecule has 0 bridgehead atoms. The Balaban J connectivity index is 1.81. The van der Waals surface area contributed by atoms with Gasteiger partial charge >= 0.3 is 6.03 Å². The number of piperidine rings is 1. The van der Waals surface area contributed by atoms with Crippen LogP contribution in [-0.4, -0.2) is 59.5 Å². The number of nitrogens with one attached hydrogen (secondary N) is 1. The zero-order valence-corrected chi connectivity index (χ0v) is 14.6. The van der Waals surface area contributed by atoms with E-state index in [1.165, 1.54) is 37.0 Å². The molecule has 6 heteroatoms. The van der Waals surface area contributed by atoms with Crippen molar-refractivity contribution in [2.45, 2.75) is 70.4 Å². The first-order valence-electron chi connectivity index (χ1n) is 9.12. The van der Waals surface area contributed by atoms with E-state index < -0.39 is 5.54 Å². The summed E-state index contributed by atoms with van der Waals surface area (Å²) in [6.07, 6.45) is 7.83. The minimum Gasteiger partial charge on any atom is -0.328 e. The van der Waals surface area contributed by atoms with Crippen LogP contribution in [0.25, 0.3) is 0 Å². The Labute approximate surface area is 139 Å². The quantitative estimate of drug-likeness (QED) is 0.526. The van der Waals surface area contributed by atoms with Crippen LogP contribution in [-0.2, 0) is 4.79 Å². The van der Waals surface area contributed by atoms with E-state index in [0.717, 1.165) is 19.6 Å². The Bertz CT molecular complexity index is 419. The largest absolute Gasteiger partial charge is 0.328 e. The minimum absolute atomic E-state index is 0.0805. The van der Waals surface area contributed by atoms with Gasteiger partial charge in [-0.25, -0.2) is 4.79 Å². The van der Waals surface area contributed by atoms with E-state index in [1.54, 1.807) is 0 Å². The second-order valence-electron chi connectivity index (χ2n) is 7.03. The highest BCUT2D eigenvalue weighted by Crippen LogP contribution is 2.30. The number of nitrogens with two attached hydrogens (primary N) is 1. The van der Waals surface area contributed by atoms with Crippen LogP contribution < -0.4 is 11.1 Å². The smallest absolute Gasteiger partial charge is 0.325 e. The maximum absolute atomic E-state index is 12.7. The Morgan fingerprint density at radius 3 is 2.43 bits per heavy atom. The van der Waals surface area contributed by atoms with Crippen LogP contribution in [0.15, 0.2) is 0 Å². The van der Waals surface area contributed by atoms with Gasteiger partial charge in [-0.1, -0.05) is 32.6 Å². The molecule has 132 valence electrons. The molecule has 0 saturated carbocycles. The molecular formula is C17H32N4O2. The molecule has 3 N–H and O–H groups in total. The topological polar surface area (TPSA) is 78.7 Å². The van der Waals surface area contributed by atoms with Crippen molar-refractivity contribution in [2.24, 2.45) is 5.73 Å². The molecule has 1 spiro atoms. The number of hydrogen-bond donors (Lipinski definition) is 2. The van der Waals surface area contributed by atoms with Crippen molar-refractivity contribution >= 4 is 11.9 Å². The molecule has 2 saturated heterocycles. The van der Waals surface area contributed by atoms with E-state index in [9.17, 15) is 9.59 Å². The van der Waals surface area contributed by atoms with E-state index in [4.69, 9.17) is 5.73 Å². The van der Waals surface area contributed by atoms with Crippen LogP contribution >= 0.6 is 0 Å². The second kappa shape index (κ2) is 8.11.